The lowest BCUT2D eigenvalue weighted by Gasteiger charge is -2.21. The molecule has 0 heterocycles. The van der Waals surface area contributed by atoms with Crippen molar-refractivity contribution < 1.29 is 22.7 Å². The molecule has 3 N–H and O–H groups in total. The molecule has 120 valence electrons. The second-order valence-corrected chi connectivity index (χ2v) is 4.15. The number of para-hydroxylation sites is 1. The molecule has 0 aromatic heterocycles. The van der Waals surface area contributed by atoms with E-state index < -0.39 is 17.8 Å². The summed E-state index contributed by atoms with van der Waals surface area (Å²) in [6.45, 7) is 1.70. The maximum Gasteiger partial charge on any atom is 0.419 e. The minimum atomic E-state index is -4.48. The third-order valence-corrected chi connectivity index (χ3v) is 2.65. The Labute approximate surface area is 127 Å². The first-order valence-corrected chi connectivity index (χ1v) is 6.18. The number of rotatable bonds is 6. The molecule has 21 heavy (non-hydrogen) atoms. The molecule has 0 spiro atoms. The van der Waals surface area contributed by atoms with Gasteiger partial charge in [0.05, 0.1) is 18.7 Å². The Balaban J connectivity index is 0.00000400. The fourth-order valence-corrected chi connectivity index (χ4v) is 1.55. The van der Waals surface area contributed by atoms with Crippen LogP contribution in [0.5, 0.6) is 5.75 Å². The number of alkyl halides is 3. The fourth-order valence-electron chi connectivity index (χ4n) is 1.55. The molecule has 4 nitrogen and oxygen atoms in total. The van der Waals surface area contributed by atoms with Crippen molar-refractivity contribution in [1.29, 1.82) is 0 Å². The van der Waals surface area contributed by atoms with Crippen LogP contribution in [-0.4, -0.2) is 25.1 Å². The lowest BCUT2D eigenvalue weighted by atomic mass is 10.2. The van der Waals surface area contributed by atoms with Crippen LogP contribution >= 0.6 is 12.4 Å². The van der Waals surface area contributed by atoms with E-state index in [-0.39, 0.29) is 37.2 Å². The van der Waals surface area contributed by atoms with Gasteiger partial charge in [-0.15, -0.1) is 12.4 Å². The number of nitrogens with one attached hydrogen (secondary N) is 1. The van der Waals surface area contributed by atoms with Gasteiger partial charge in [0.15, 0.2) is 0 Å². The summed E-state index contributed by atoms with van der Waals surface area (Å²) in [4.78, 5) is 11.0. The van der Waals surface area contributed by atoms with E-state index in [0.717, 1.165) is 6.07 Å². The van der Waals surface area contributed by atoms with Crippen molar-refractivity contribution in [2.75, 3.05) is 13.1 Å². The summed E-state index contributed by atoms with van der Waals surface area (Å²) in [6.07, 6.45) is -4.57. The molecular weight excluding hydrogens is 309 g/mol. The van der Waals surface area contributed by atoms with Gasteiger partial charge in [-0.3, -0.25) is 4.79 Å². The van der Waals surface area contributed by atoms with Gasteiger partial charge in [-0.2, -0.15) is 13.2 Å². The quantitative estimate of drug-likeness (QED) is 0.843. The second-order valence-electron chi connectivity index (χ2n) is 4.15. The zero-order chi connectivity index (χ0) is 15.2. The Kier molecular flexibility index (Phi) is 8.12. The van der Waals surface area contributed by atoms with Crippen molar-refractivity contribution in [1.82, 2.24) is 5.32 Å². The number of nitrogens with two attached hydrogens (primary N) is 1. The molecular formula is C13H18ClF3N2O2. The van der Waals surface area contributed by atoms with E-state index in [9.17, 15) is 18.0 Å². The second kappa shape index (κ2) is 8.74. The van der Waals surface area contributed by atoms with Gasteiger partial charge in [-0.25, -0.2) is 0 Å². The molecule has 0 aliphatic carbocycles. The minimum Gasteiger partial charge on any atom is -0.488 e. The maximum absolute atomic E-state index is 12.8. The highest BCUT2D eigenvalue weighted by atomic mass is 35.5. The highest BCUT2D eigenvalue weighted by Gasteiger charge is 2.34. The number of hydrogen-bond acceptors (Lipinski definition) is 3. The van der Waals surface area contributed by atoms with Gasteiger partial charge in [0.1, 0.15) is 11.9 Å². The molecule has 1 aromatic rings. The van der Waals surface area contributed by atoms with Crippen LogP contribution in [0.1, 0.15) is 18.9 Å². The van der Waals surface area contributed by atoms with Crippen LogP contribution in [0, 0.1) is 0 Å². The van der Waals surface area contributed by atoms with E-state index in [1.54, 1.807) is 6.92 Å². The number of ether oxygens (including phenoxy) is 1. The largest absolute Gasteiger partial charge is 0.488 e. The maximum atomic E-state index is 12.8. The molecule has 1 unspecified atom stereocenters. The van der Waals surface area contributed by atoms with E-state index in [1.165, 1.54) is 18.2 Å². The van der Waals surface area contributed by atoms with Crippen molar-refractivity contribution in [3.8, 4) is 5.75 Å². The average Bonchev–Trinajstić information content (AvgIpc) is 2.42. The third-order valence-electron chi connectivity index (χ3n) is 2.65. The molecule has 1 amide bonds. The Bertz CT molecular complexity index is 455. The van der Waals surface area contributed by atoms with E-state index in [0.29, 0.717) is 6.42 Å². The van der Waals surface area contributed by atoms with Crippen LogP contribution < -0.4 is 15.8 Å². The van der Waals surface area contributed by atoms with Gasteiger partial charge in [0.25, 0.3) is 0 Å². The molecule has 1 rings (SSSR count). The van der Waals surface area contributed by atoms with Gasteiger partial charge >= 0.3 is 6.18 Å². The Morgan fingerprint density at radius 1 is 1.38 bits per heavy atom. The number of halogens is 4. The summed E-state index contributed by atoms with van der Waals surface area (Å²) in [6, 6.07) is 4.99. The lowest BCUT2D eigenvalue weighted by molar-refractivity contribution is -0.139. The summed E-state index contributed by atoms with van der Waals surface area (Å²) in [5.74, 6) is -0.620. The molecule has 0 bridgehead atoms. The number of amides is 1. The van der Waals surface area contributed by atoms with E-state index in [1.807, 2.05) is 0 Å². The molecule has 1 atom stereocenters. The minimum absolute atomic E-state index is 0. The molecule has 0 aliphatic rings. The van der Waals surface area contributed by atoms with Crippen molar-refractivity contribution in [3.05, 3.63) is 29.8 Å². The number of carbonyl (C=O) groups excluding carboxylic acids is 1. The first-order chi connectivity index (χ1) is 9.38. The predicted octanol–water partition coefficient (Wildman–Crippen LogP) is 2.36. The zero-order valence-electron chi connectivity index (χ0n) is 11.4. The molecule has 1 aromatic carbocycles. The van der Waals surface area contributed by atoms with E-state index in [4.69, 9.17) is 10.5 Å². The van der Waals surface area contributed by atoms with E-state index in [2.05, 4.69) is 5.32 Å². The third kappa shape index (κ3) is 6.22. The van der Waals surface area contributed by atoms with Crippen LogP contribution in [0.3, 0.4) is 0 Å². The first kappa shape index (κ1) is 19.5. The zero-order valence-corrected chi connectivity index (χ0v) is 12.3. The molecule has 0 saturated heterocycles. The highest BCUT2D eigenvalue weighted by molar-refractivity contribution is 5.85. The van der Waals surface area contributed by atoms with Crippen LogP contribution in [-0.2, 0) is 11.0 Å². The SMILES string of the molecule is CCC(CNC(=O)CN)Oc1ccccc1C(F)(F)F.Cl. The summed E-state index contributed by atoms with van der Waals surface area (Å²) >= 11 is 0. The number of benzene rings is 1. The molecule has 0 aliphatic heterocycles. The summed E-state index contributed by atoms with van der Waals surface area (Å²) in [5, 5.41) is 2.49. The Hall–Kier alpha value is -1.47. The Morgan fingerprint density at radius 2 is 2.00 bits per heavy atom. The lowest BCUT2D eigenvalue weighted by Crippen LogP contribution is -2.38. The Morgan fingerprint density at radius 3 is 2.52 bits per heavy atom. The van der Waals surface area contributed by atoms with Crippen LogP contribution in [0.25, 0.3) is 0 Å². The fraction of sp³-hybridized carbons (Fsp3) is 0.462. The summed E-state index contributed by atoms with van der Waals surface area (Å²) < 4.78 is 43.8. The smallest absolute Gasteiger partial charge is 0.419 e. The monoisotopic (exact) mass is 326 g/mol. The standard InChI is InChI=1S/C13H17F3N2O2.ClH/c1-2-9(8-18-12(19)7-17)20-11-6-4-3-5-10(11)13(14,15)16;/h3-6,9H,2,7-8,17H2,1H3,(H,18,19);1H. The van der Waals surface area contributed by atoms with Crippen LogP contribution in [0.4, 0.5) is 13.2 Å². The summed E-state index contributed by atoms with van der Waals surface area (Å²) in [7, 11) is 0. The molecule has 8 heteroatoms. The number of carbonyl (C=O) groups is 1. The van der Waals surface area contributed by atoms with Crippen molar-refractivity contribution in [3.63, 3.8) is 0 Å². The van der Waals surface area contributed by atoms with Crippen molar-refractivity contribution in [2.45, 2.75) is 25.6 Å². The van der Waals surface area contributed by atoms with Gasteiger partial charge in [0, 0.05) is 0 Å². The topological polar surface area (TPSA) is 64.4 Å². The first-order valence-electron chi connectivity index (χ1n) is 6.18. The van der Waals surface area contributed by atoms with Gasteiger partial charge in [0.2, 0.25) is 5.91 Å². The van der Waals surface area contributed by atoms with Crippen LogP contribution in [0.15, 0.2) is 24.3 Å². The highest BCUT2D eigenvalue weighted by Crippen LogP contribution is 2.36. The number of hydrogen-bond donors (Lipinski definition) is 2. The predicted molar refractivity (Wildman–Crippen MR) is 75.5 cm³/mol. The van der Waals surface area contributed by atoms with E-state index >= 15 is 0 Å². The van der Waals surface area contributed by atoms with Gasteiger partial charge in [-0.1, -0.05) is 19.1 Å². The summed E-state index contributed by atoms with van der Waals surface area (Å²) in [5.41, 5.74) is 4.30. The van der Waals surface area contributed by atoms with Crippen molar-refractivity contribution >= 4 is 18.3 Å². The van der Waals surface area contributed by atoms with Gasteiger partial charge in [-0.05, 0) is 18.6 Å². The van der Waals surface area contributed by atoms with Gasteiger partial charge < -0.3 is 15.8 Å². The average molecular weight is 327 g/mol. The molecule has 0 fully saturated rings. The van der Waals surface area contributed by atoms with Crippen molar-refractivity contribution in [2.24, 2.45) is 5.73 Å². The molecule has 0 radical (unpaired) electrons. The molecule has 0 saturated carbocycles. The normalized spacial score (nSPS) is 12.2. The van der Waals surface area contributed by atoms with Crippen LogP contribution in [0.2, 0.25) is 0 Å².